The van der Waals surface area contributed by atoms with Gasteiger partial charge in [0.15, 0.2) is 0 Å². The van der Waals surface area contributed by atoms with E-state index in [-0.39, 0.29) is 42.0 Å². The van der Waals surface area contributed by atoms with Crippen molar-refractivity contribution in [1.82, 2.24) is 9.80 Å². The normalized spacial score (nSPS) is 20.6. The largest absolute Gasteiger partial charge is 1.00 e. The third kappa shape index (κ3) is 6.61. The summed E-state index contributed by atoms with van der Waals surface area (Å²) in [6.45, 7) is 7.07. The topological polar surface area (TPSA) is 72.9 Å². The molecule has 1 aliphatic rings. The van der Waals surface area contributed by atoms with Gasteiger partial charge in [0.25, 0.3) is 0 Å². The van der Waals surface area contributed by atoms with Gasteiger partial charge in [0.05, 0.1) is 6.04 Å². The molecule has 0 aromatic rings. The predicted molar refractivity (Wildman–Crippen MR) is 63.8 cm³/mol. The van der Waals surface area contributed by atoms with Crippen molar-refractivity contribution >= 4 is 12.1 Å². The maximum absolute atomic E-state index is 12.0. The number of ether oxygens (including phenoxy) is 1. The van der Waals surface area contributed by atoms with Crippen LogP contribution in [0.15, 0.2) is 0 Å². The van der Waals surface area contributed by atoms with Crippen molar-refractivity contribution in [3.63, 3.8) is 0 Å². The first kappa shape index (κ1) is 18.7. The molecule has 0 N–H and O–H groups in total. The molecule has 1 atom stereocenters. The van der Waals surface area contributed by atoms with E-state index in [1.54, 1.807) is 20.8 Å². The van der Waals surface area contributed by atoms with E-state index in [2.05, 4.69) is 0 Å². The standard InChI is InChI=1S/C12H22N2O4.Na/c1-12(2,3)18-11(17)14-6-5-13(4)8-9(14)7-10(15)16;/h9H,5-8H2,1-4H3,(H,15,16);/q;+1/p-1. The first-order valence-electron chi connectivity index (χ1n) is 6.07. The molecule has 19 heavy (non-hydrogen) atoms. The molecule has 1 unspecified atom stereocenters. The van der Waals surface area contributed by atoms with Crippen LogP contribution < -0.4 is 34.7 Å². The molecule has 0 spiro atoms. The third-order valence-electron chi connectivity index (χ3n) is 2.72. The van der Waals surface area contributed by atoms with Crippen molar-refractivity contribution in [1.29, 1.82) is 0 Å². The molecule has 1 fully saturated rings. The average Bonchev–Trinajstić information content (AvgIpc) is 2.13. The molecule has 0 radical (unpaired) electrons. The van der Waals surface area contributed by atoms with Gasteiger partial charge in [-0.1, -0.05) is 0 Å². The number of carbonyl (C=O) groups excluding carboxylic acids is 2. The van der Waals surface area contributed by atoms with Gasteiger partial charge in [0, 0.05) is 32.0 Å². The van der Waals surface area contributed by atoms with Gasteiger partial charge in [-0.3, -0.25) is 0 Å². The summed E-state index contributed by atoms with van der Waals surface area (Å²) in [4.78, 5) is 26.2. The summed E-state index contributed by atoms with van der Waals surface area (Å²) in [5.41, 5.74) is -0.577. The molecule has 104 valence electrons. The molecule has 0 aromatic heterocycles. The van der Waals surface area contributed by atoms with E-state index in [9.17, 15) is 14.7 Å². The molecule has 1 aliphatic heterocycles. The summed E-state index contributed by atoms with van der Waals surface area (Å²) in [6, 6.07) is -0.386. The van der Waals surface area contributed by atoms with E-state index in [1.165, 1.54) is 4.90 Å². The zero-order chi connectivity index (χ0) is 13.9. The number of hydrogen-bond acceptors (Lipinski definition) is 5. The smallest absolute Gasteiger partial charge is 0.550 e. The number of rotatable bonds is 2. The van der Waals surface area contributed by atoms with E-state index in [1.807, 2.05) is 11.9 Å². The first-order chi connectivity index (χ1) is 8.19. The number of hydrogen-bond donors (Lipinski definition) is 0. The molecule has 1 heterocycles. The Kier molecular flexibility index (Phi) is 7.36. The van der Waals surface area contributed by atoms with Crippen LogP contribution in [0.4, 0.5) is 4.79 Å². The van der Waals surface area contributed by atoms with Gasteiger partial charge < -0.3 is 24.4 Å². The summed E-state index contributed by atoms with van der Waals surface area (Å²) < 4.78 is 5.28. The number of carbonyl (C=O) groups is 2. The van der Waals surface area contributed by atoms with E-state index in [0.29, 0.717) is 19.6 Å². The molecule has 7 heteroatoms. The second kappa shape index (κ2) is 7.47. The van der Waals surface area contributed by atoms with Crippen LogP contribution in [0.3, 0.4) is 0 Å². The summed E-state index contributed by atoms with van der Waals surface area (Å²) >= 11 is 0. The first-order valence-corrected chi connectivity index (χ1v) is 6.07. The second-order valence-corrected chi connectivity index (χ2v) is 5.67. The molecule has 0 saturated carbocycles. The quantitative estimate of drug-likeness (QED) is 0.495. The molecule has 6 nitrogen and oxygen atoms in total. The van der Waals surface area contributed by atoms with Crippen molar-refractivity contribution in [2.24, 2.45) is 0 Å². The second-order valence-electron chi connectivity index (χ2n) is 5.67. The number of likely N-dealkylation sites (N-methyl/N-ethyl adjacent to an activating group) is 1. The van der Waals surface area contributed by atoms with E-state index < -0.39 is 17.7 Å². The number of carboxylic acid groups (broad SMARTS) is 1. The van der Waals surface area contributed by atoms with Crippen molar-refractivity contribution in [2.45, 2.75) is 38.8 Å². The molecule has 1 amide bonds. The van der Waals surface area contributed by atoms with Gasteiger partial charge in [-0.05, 0) is 27.8 Å². The van der Waals surface area contributed by atoms with Crippen LogP contribution >= 0.6 is 0 Å². The van der Waals surface area contributed by atoms with Crippen LogP contribution in [0, 0.1) is 0 Å². The van der Waals surface area contributed by atoms with Gasteiger partial charge in [-0.15, -0.1) is 0 Å². The van der Waals surface area contributed by atoms with Crippen molar-refractivity contribution in [3.8, 4) is 0 Å². The monoisotopic (exact) mass is 280 g/mol. The van der Waals surface area contributed by atoms with Gasteiger partial charge in [0.1, 0.15) is 5.60 Å². The number of aliphatic carboxylic acids is 1. The molecule has 1 saturated heterocycles. The van der Waals surface area contributed by atoms with Crippen LogP contribution in [-0.4, -0.2) is 60.2 Å². The van der Waals surface area contributed by atoms with Crippen molar-refractivity contribution < 1.29 is 49.0 Å². The Morgan fingerprint density at radius 3 is 2.37 bits per heavy atom. The van der Waals surface area contributed by atoms with Gasteiger partial charge >= 0.3 is 35.7 Å². The zero-order valence-corrected chi connectivity index (χ0v) is 14.4. The Bertz CT molecular complexity index is 330. The number of piperazine rings is 1. The minimum Gasteiger partial charge on any atom is -0.550 e. The summed E-state index contributed by atoms with van der Waals surface area (Å²) in [7, 11) is 1.90. The molecule has 0 bridgehead atoms. The summed E-state index contributed by atoms with van der Waals surface area (Å²) in [5.74, 6) is -1.15. The number of carboxylic acids is 1. The Hall–Kier alpha value is -0.300. The van der Waals surface area contributed by atoms with Gasteiger partial charge in [-0.2, -0.15) is 0 Å². The average molecular weight is 280 g/mol. The zero-order valence-electron chi connectivity index (χ0n) is 12.4. The molecule has 0 aliphatic carbocycles. The Morgan fingerprint density at radius 2 is 1.89 bits per heavy atom. The fraction of sp³-hybridized carbons (Fsp3) is 0.833. The van der Waals surface area contributed by atoms with Crippen LogP contribution in [0.5, 0.6) is 0 Å². The summed E-state index contributed by atoms with van der Waals surface area (Å²) in [5, 5.41) is 10.7. The Balaban J connectivity index is 0.00000324. The SMILES string of the molecule is CN1CCN(C(=O)OC(C)(C)C)C(CC(=O)[O-])C1.[Na+]. The summed E-state index contributed by atoms with van der Waals surface area (Å²) in [6.07, 6.45) is -0.620. The molecule has 1 rings (SSSR count). The molecule has 0 aromatic carbocycles. The number of amides is 1. The van der Waals surface area contributed by atoms with Gasteiger partial charge in [-0.25, -0.2) is 4.79 Å². The fourth-order valence-corrected chi connectivity index (χ4v) is 1.94. The Morgan fingerprint density at radius 1 is 1.32 bits per heavy atom. The van der Waals surface area contributed by atoms with Crippen LogP contribution in [0.25, 0.3) is 0 Å². The molecular weight excluding hydrogens is 259 g/mol. The van der Waals surface area contributed by atoms with Crippen molar-refractivity contribution in [3.05, 3.63) is 0 Å². The fourth-order valence-electron chi connectivity index (χ4n) is 1.94. The van der Waals surface area contributed by atoms with Crippen LogP contribution in [0.1, 0.15) is 27.2 Å². The molecular formula is C12H21N2NaO4. The maximum Gasteiger partial charge on any atom is 1.00 e. The third-order valence-corrected chi connectivity index (χ3v) is 2.72. The van der Waals surface area contributed by atoms with Crippen LogP contribution in [-0.2, 0) is 9.53 Å². The van der Waals surface area contributed by atoms with Crippen LogP contribution in [0.2, 0.25) is 0 Å². The predicted octanol–water partition coefficient (Wildman–Crippen LogP) is -3.32. The number of nitrogens with zero attached hydrogens (tertiary/aromatic N) is 2. The van der Waals surface area contributed by atoms with E-state index >= 15 is 0 Å². The van der Waals surface area contributed by atoms with E-state index in [4.69, 9.17) is 4.74 Å². The van der Waals surface area contributed by atoms with E-state index in [0.717, 1.165) is 0 Å². The van der Waals surface area contributed by atoms with Crippen molar-refractivity contribution in [2.75, 3.05) is 26.7 Å². The van der Waals surface area contributed by atoms with Gasteiger partial charge in [0.2, 0.25) is 0 Å². The maximum atomic E-state index is 12.0. The minimum absolute atomic E-state index is 0. The Labute approximate surface area is 136 Å². The minimum atomic E-state index is -1.15.